The zero-order chi connectivity index (χ0) is 20.2. The summed E-state index contributed by atoms with van der Waals surface area (Å²) >= 11 is 7.62. The third kappa shape index (κ3) is 4.71. The van der Waals surface area contributed by atoms with E-state index in [1.807, 2.05) is 52.7 Å². The number of hydrogen-bond acceptors (Lipinski definition) is 5. The van der Waals surface area contributed by atoms with Crippen LogP contribution in [0.4, 0.5) is 5.69 Å². The van der Waals surface area contributed by atoms with E-state index >= 15 is 0 Å². The van der Waals surface area contributed by atoms with Crippen molar-refractivity contribution in [2.45, 2.75) is 6.42 Å². The van der Waals surface area contributed by atoms with E-state index in [4.69, 9.17) is 16.3 Å². The average Bonchev–Trinajstić information content (AvgIpc) is 3.22. The first kappa shape index (κ1) is 19.7. The number of halogens is 1. The first-order chi connectivity index (χ1) is 14.1. The Labute approximate surface area is 179 Å². The minimum atomic E-state index is 0.00738. The topological polar surface area (TPSA) is 45.7 Å². The quantitative estimate of drug-likeness (QED) is 0.607. The SMILES string of the molecule is COc1ccc(Cc2nc(C(=O)N3CCN(c4cccc(Cl)c4)CC3)cs2)cc1. The van der Waals surface area contributed by atoms with E-state index in [1.165, 1.54) is 11.3 Å². The molecule has 150 valence electrons. The lowest BCUT2D eigenvalue weighted by Gasteiger charge is -2.35. The monoisotopic (exact) mass is 427 g/mol. The van der Waals surface area contributed by atoms with Crippen LogP contribution in [0.25, 0.3) is 0 Å². The molecule has 0 saturated carbocycles. The largest absolute Gasteiger partial charge is 0.497 e. The lowest BCUT2D eigenvalue weighted by Crippen LogP contribution is -2.48. The van der Waals surface area contributed by atoms with Gasteiger partial charge in [0.05, 0.1) is 12.1 Å². The Kier molecular flexibility index (Phi) is 6.02. The summed E-state index contributed by atoms with van der Waals surface area (Å²) < 4.78 is 5.19. The highest BCUT2D eigenvalue weighted by Crippen LogP contribution is 2.22. The number of amides is 1. The van der Waals surface area contributed by atoms with E-state index < -0.39 is 0 Å². The van der Waals surface area contributed by atoms with Gasteiger partial charge in [-0.2, -0.15) is 0 Å². The molecular formula is C22H22ClN3O2S. The van der Waals surface area contributed by atoms with Crippen LogP contribution in [0.15, 0.2) is 53.9 Å². The molecule has 0 bridgehead atoms. The van der Waals surface area contributed by atoms with Gasteiger partial charge in [-0.3, -0.25) is 4.79 Å². The number of aromatic nitrogens is 1. The number of carbonyl (C=O) groups is 1. The lowest BCUT2D eigenvalue weighted by atomic mass is 10.1. The molecule has 0 radical (unpaired) electrons. The predicted molar refractivity (Wildman–Crippen MR) is 117 cm³/mol. The zero-order valence-electron chi connectivity index (χ0n) is 16.2. The standard InChI is InChI=1S/C22H22ClN3O2S/c1-28-19-7-5-16(6-8-19)13-21-24-20(15-29-21)22(27)26-11-9-25(10-12-26)18-4-2-3-17(23)14-18/h2-8,14-15H,9-13H2,1H3. The molecule has 0 N–H and O–H groups in total. The van der Waals surface area contributed by atoms with Gasteiger partial charge in [0.15, 0.2) is 0 Å². The van der Waals surface area contributed by atoms with Gasteiger partial charge in [0.25, 0.3) is 5.91 Å². The summed E-state index contributed by atoms with van der Waals surface area (Å²) in [5, 5.41) is 3.54. The molecule has 0 unspecified atom stereocenters. The Morgan fingerprint density at radius 2 is 1.90 bits per heavy atom. The number of piperazine rings is 1. The number of nitrogens with zero attached hydrogens (tertiary/aromatic N) is 3. The van der Waals surface area contributed by atoms with E-state index in [9.17, 15) is 4.79 Å². The maximum absolute atomic E-state index is 12.9. The highest BCUT2D eigenvalue weighted by atomic mass is 35.5. The second-order valence-electron chi connectivity index (χ2n) is 6.91. The Morgan fingerprint density at radius 1 is 1.14 bits per heavy atom. The van der Waals surface area contributed by atoms with Gasteiger partial charge in [0.1, 0.15) is 11.4 Å². The number of thiazole rings is 1. The zero-order valence-corrected chi connectivity index (χ0v) is 17.7. The smallest absolute Gasteiger partial charge is 0.273 e. The molecular weight excluding hydrogens is 406 g/mol. The maximum atomic E-state index is 12.9. The Bertz CT molecular complexity index is 982. The number of anilines is 1. The fourth-order valence-electron chi connectivity index (χ4n) is 3.41. The van der Waals surface area contributed by atoms with Crippen LogP contribution in [0.5, 0.6) is 5.75 Å². The molecule has 1 amide bonds. The van der Waals surface area contributed by atoms with Crippen LogP contribution >= 0.6 is 22.9 Å². The van der Waals surface area contributed by atoms with Gasteiger partial charge in [-0.25, -0.2) is 4.98 Å². The van der Waals surface area contributed by atoms with E-state index in [2.05, 4.69) is 16.0 Å². The highest BCUT2D eigenvalue weighted by molar-refractivity contribution is 7.09. The van der Waals surface area contributed by atoms with Crippen LogP contribution in [0.3, 0.4) is 0 Å². The number of ether oxygens (including phenoxy) is 1. The molecule has 5 nitrogen and oxygen atoms in total. The summed E-state index contributed by atoms with van der Waals surface area (Å²) in [6, 6.07) is 15.8. The van der Waals surface area contributed by atoms with Crippen molar-refractivity contribution < 1.29 is 9.53 Å². The number of benzene rings is 2. The Morgan fingerprint density at radius 3 is 2.59 bits per heavy atom. The minimum absolute atomic E-state index is 0.00738. The van der Waals surface area contributed by atoms with E-state index in [-0.39, 0.29) is 5.91 Å². The van der Waals surface area contributed by atoms with Crippen LogP contribution in [0.2, 0.25) is 5.02 Å². The fraction of sp³-hybridized carbons (Fsp3) is 0.273. The molecule has 7 heteroatoms. The summed E-state index contributed by atoms with van der Waals surface area (Å²) in [4.78, 5) is 21.6. The second kappa shape index (κ2) is 8.84. The van der Waals surface area contributed by atoms with Crippen molar-refractivity contribution in [3.05, 3.63) is 75.2 Å². The van der Waals surface area contributed by atoms with Gasteiger partial charge in [-0.15, -0.1) is 11.3 Å². The molecule has 2 aromatic carbocycles. The highest BCUT2D eigenvalue weighted by Gasteiger charge is 2.24. The maximum Gasteiger partial charge on any atom is 0.273 e. The molecule has 1 saturated heterocycles. The number of methoxy groups -OCH3 is 1. The van der Waals surface area contributed by atoms with Crippen molar-refractivity contribution in [3.8, 4) is 5.75 Å². The van der Waals surface area contributed by atoms with Crippen molar-refractivity contribution in [1.82, 2.24) is 9.88 Å². The van der Waals surface area contributed by atoms with E-state index in [1.54, 1.807) is 7.11 Å². The molecule has 29 heavy (non-hydrogen) atoms. The average molecular weight is 428 g/mol. The Hall–Kier alpha value is -2.57. The van der Waals surface area contributed by atoms with Crippen LogP contribution < -0.4 is 9.64 Å². The van der Waals surface area contributed by atoms with E-state index in [0.717, 1.165) is 40.1 Å². The van der Waals surface area contributed by atoms with Crippen LogP contribution in [0.1, 0.15) is 21.1 Å². The predicted octanol–water partition coefficient (Wildman–Crippen LogP) is 4.36. The third-order valence-corrected chi connectivity index (χ3v) is 6.11. The van der Waals surface area contributed by atoms with Crippen molar-refractivity contribution >= 4 is 34.5 Å². The summed E-state index contributed by atoms with van der Waals surface area (Å²) in [6.45, 7) is 2.93. The minimum Gasteiger partial charge on any atom is -0.497 e. The molecule has 0 aliphatic carbocycles. The molecule has 2 heterocycles. The normalized spacial score (nSPS) is 14.1. The summed E-state index contributed by atoms with van der Waals surface area (Å²) in [5.74, 6) is 0.841. The Balaban J connectivity index is 1.35. The molecule has 1 aliphatic rings. The number of carbonyl (C=O) groups excluding carboxylic acids is 1. The molecule has 0 atom stereocenters. The number of hydrogen-bond donors (Lipinski definition) is 0. The summed E-state index contributed by atoms with van der Waals surface area (Å²) in [6.07, 6.45) is 0.713. The van der Waals surface area contributed by atoms with Gasteiger partial charge in [0.2, 0.25) is 0 Å². The van der Waals surface area contributed by atoms with Crippen LogP contribution in [-0.2, 0) is 6.42 Å². The van der Waals surface area contributed by atoms with Gasteiger partial charge in [-0.05, 0) is 35.9 Å². The fourth-order valence-corrected chi connectivity index (χ4v) is 4.40. The van der Waals surface area contributed by atoms with Gasteiger partial charge in [0, 0.05) is 48.7 Å². The molecule has 4 rings (SSSR count). The molecule has 0 spiro atoms. The van der Waals surface area contributed by atoms with Crippen LogP contribution in [0, 0.1) is 0 Å². The first-order valence-electron chi connectivity index (χ1n) is 9.49. The number of rotatable bonds is 5. The van der Waals surface area contributed by atoms with Crippen molar-refractivity contribution in [3.63, 3.8) is 0 Å². The molecule has 1 fully saturated rings. The second-order valence-corrected chi connectivity index (χ2v) is 8.29. The van der Waals surface area contributed by atoms with Gasteiger partial charge >= 0.3 is 0 Å². The van der Waals surface area contributed by atoms with Crippen LogP contribution in [-0.4, -0.2) is 49.1 Å². The summed E-state index contributed by atoms with van der Waals surface area (Å²) in [5.41, 5.74) is 2.78. The van der Waals surface area contributed by atoms with Gasteiger partial charge < -0.3 is 14.5 Å². The van der Waals surface area contributed by atoms with E-state index in [0.29, 0.717) is 25.2 Å². The summed E-state index contributed by atoms with van der Waals surface area (Å²) in [7, 11) is 1.66. The van der Waals surface area contributed by atoms with Crippen molar-refractivity contribution in [1.29, 1.82) is 0 Å². The van der Waals surface area contributed by atoms with Gasteiger partial charge in [-0.1, -0.05) is 29.8 Å². The molecule has 3 aromatic rings. The lowest BCUT2D eigenvalue weighted by molar-refractivity contribution is 0.0741. The molecule has 1 aromatic heterocycles. The third-order valence-electron chi connectivity index (χ3n) is 5.03. The van der Waals surface area contributed by atoms with Crippen molar-refractivity contribution in [2.24, 2.45) is 0 Å². The van der Waals surface area contributed by atoms with Crippen molar-refractivity contribution in [2.75, 3.05) is 38.2 Å². The first-order valence-corrected chi connectivity index (χ1v) is 10.8. The molecule has 1 aliphatic heterocycles.